The van der Waals surface area contributed by atoms with Gasteiger partial charge in [0.15, 0.2) is 0 Å². The van der Waals surface area contributed by atoms with Gasteiger partial charge in [-0.05, 0) is 43.2 Å². The molecule has 7 heteroatoms. The number of rotatable bonds is 6. The molecule has 1 N–H and O–H groups in total. The molecule has 27 heavy (non-hydrogen) atoms. The van der Waals surface area contributed by atoms with Crippen molar-refractivity contribution in [3.05, 3.63) is 53.7 Å². The van der Waals surface area contributed by atoms with E-state index in [1.54, 1.807) is 0 Å². The molecule has 1 aromatic carbocycles. The number of ether oxygens (including phenoxy) is 1. The van der Waals surface area contributed by atoms with E-state index in [-0.39, 0.29) is 24.8 Å². The highest BCUT2D eigenvalue weighted by Gasteiger charge is 2.20. The number of aliphatic hydroxyl groups is 1. The molecular formula is C20H29Cl2N3O2. The van der Waals surface area contributed by atoms with E-state index in [2.05, 4.69) is 20.9 Å². The van der Waals surface area contributed by atoms with E-state index in [0.717, 1.165) is 43.3 Å². The predicted octanol–water partition coefficient (Wildman–Crippen LogP) is 3.10. The zero-order valence-corrected chi connectivity index (χ0v) is 17.5. The smallest absolute Gasteiger partial charge is 0.128 e. The first-order valence-corrected chi connectivity index (χ1v) is 8.88. The Hall–Kier alpha value is -1.53. The Bertz CT molecular complexity index is 680. The average Bonchev–Trinajstić information content (AvgIpc) is 2.64. The molecule has 1 aromatic heterocycles. The van der Waals surface area contributed by atoms with E-state index in [4.69, 9.17) is 4.74 Å². The maximum atomic E-state index is 10.3. The van der Waals surface area contributed by atoms with Crippen molar-refractivity contribution in [3.8, 4) is 5.75 Å². The second kappa shape index (κ2) is 11.3. The minimum atomic E-state index is -0.485. The molecule has 0 amide bonds. The molecule has 1 aliphatic heterocycles. The van der Waals surface area contributed by atoms with Gasteiger partial charge in [0, 0.05) is 38.9 Å². The summed E-state index contributed by atoms with van der Waals surface area (Å²) in [5, 5.41) is 10.3. The summed E-state index contributed by atoms with van der Waals surface area (Å²) in [7, 11) is 0. The van der Waals surface area contributed by atoms with Gasteiger partial charge in [0.1, 0.15) is 24.3 Å². The maximum Gasteiger partial charge on any atom is 0.128 e. The molecule has 1 aliphatic rings. The van der Waals surface area contributed by atoms with Crippen LogP contribution < -0.4 is 9.64 Å². The van der Waals surface area contributed by atoms with E-state index in [1.165, 1.54) is 5.56 Å². The molecule has 0 bridgehead atoms. The summed E-state index contributed by atoms with van der Waals surface area (Å²) < 4.78 is 5.81. The van der Waals surface area contributed by atoms with Gasteiger partial charge in [-0.1, -0.05) is 18.2 Å². The van der Waals surface area contributed by atoms with Crippen LogP contribution in [0.4, 0.5) is 5.82 Å². The number of pyridine rings is 1. The van der Waals surface area contributed by atoms with Crippen molar-refractivity contribution in [2.75, 3.05) is 44.2 Å². The average molecular weight is 414 g/mol. The Morgan fingerprint density at radius 3 is 2.48 bits per heavy atom. The lowest BCUT2D eigenvalue weighted by Gasteiger charge is -2.36. The first-order valence-electron chi connectivity index (χ1n) is 8.88. The fourth-order valence-corrected chi connectivity index (χ4v) is 3.10. The summed E-state index contributed by atoms with van der Waals surface area (Å²) in [5.74, 6) is 1.89. The van der Waals surface area contributed by atoms with Gasteiger partial charge >= 0.3 is 0 Å². The van der Waals surface area contributed by atoms with E-state index in [0.29, 0.717) is 13.2 Å². The standard InChI is InChI=1S/C20H27N3O2.2ClH/c1-16-6-7-17(2)19(13-16)25-15-18(24)14-22-9-11-23(12-10-22)20-5-3-4-8-21-20;;/h3-8,13,18,24H,9-12,14-15H2,1-2H3;2*1H. The number of hydrogen-bond donors (Lipinski definition) is 1. The number of halogens is 2. The topological polar surface area (TPSA) is 48.8 Å². The second-order valence-electron chi connectivity index (χ2n) is 6.71. The van der Waals surface area contributed by atoms with Gasteiger partial charge in [-0.3, -0.25) is 4.90 Å². The number of aliphatic hydroxyl groups excluding tert-OH is 1. The lowest BCUT2D eigenvalue weighted by Crippen LogP contribution is -2.49. The molecule has 150 valence electrons. The first-order chi connectivity index (χ1) is 12.1. The molecule has 5 nitrogen and oxygen atoms in total. The van der Waals surface area contributed by atoms with Crippen LogP contribution in [0.5, 0.6) is 5.75 Å². The third-order valence-corrected chi connectivity index (χ3v) is 4.59. The van der Waals surface area contributed by atoms with E-state index < -0.39 is 6.10 Å². The normalized spacial score (nSPS) is 15.4. The number of hydrogen-bond acceptors (Lipinski definition) is 5. The molecule has 0 radical (unpaired) electrons. The molecule has 0 spiro atoms. The van der Waals surface area contributed by atoms with Crippen LogP contribution in [0, 0.1) is 13.8 Å². The molecule has 2 aromatic rings. The van der Waals surface area contributed by atoms with Gasteiger partial charge in [0.25, 0.3) is 0 Å². The van der Waals surface area contributed by atoms with E-state index in [1.807, 2.05) is 50.4 Å². The van der Waals surface area contributed by atoms with Crippen LogP contribution in [0.25, 0.3) is 0 Å². The van der Waals surface area contributed by atoms with Crippen LogP contribution in [0.1, 0.15) is 11.1 Å². The van der Waals surface area contributed by atoms with Crippen LogP contribution >= 0.6 is 24.8 Å². The molecule has 2 heterocycles. The summed E-state index contributed by atoms with van der Waals surface area (Å²) in [6.07, 6.45) is 1.34. The van der Waals surface area contributed by atoms with Crippen molar-refractivity contribution in [2.24, 2.45) is 0 Å². The fraction of sp³-hybridized carbons (Fsp3) is 0.450. The molecule has 3 rings (SSSR count). The van der Waals surface area contributed by atoms with Crippen LogP contribution in [-0.2, 0) is 0 Å². The number of aryl methyl sites for hydroxylation is 2. The van der Waals surface area contributed by atoms with Crippen molar-refractivity contribution in [2.45, 2.75) is 20.0 Å². The van der Waals surface area contributed by atoms with Gasteiger partial charge in [-0.25, -0.2) is 4.98 Å². The SMILES string of the molecule is Cc1ccc(C)c(OCC(O)CN2CCN(c3ccccn3)CC2)c1.Cl.Cl. The highest BCUT2D eigenvalue weighted by Crippen LogP contribution is 2.19. The third kappa shape index (κ3) is 6.85. The van der Waals surface area contributed by atoms with Crippen molar-refractivity contribution in [1.82, 2.24) is 9.88 Å². The monoisotopic (exact) mass is 413 g/mol. The van der Waals surface area contributed by atoms with E-state index in [9.17, 15) is 5.11 Å². The minimum absolute atomic E-state index is 0. The Labute approximate surface area is 174 Å². The summed E-state index contributed by atoms with van der Waals surface area (Å²) in [4.78, 5) is 8.98. The van der Waals surface area contributed by atoms with Crippen molar-refractivity contribution in [1.29, 1.82) is 0 Å². The highest BCUT2D eigenvalue weighted by atomic mass is 35.5. The van der Waals surface area contributed by atoms with E-state index >= 15 is 0 Å². The van der Waals surface area contributed by atoms with Gasteiger partial charge in [-0.2, -0.15) is 0 Å². The van der Waals surface area contributed by atoms with Gasteiger partial charge in [0.2, 0.25) is 0 Å². The molecule has 1 unspecified atom stereocenters. The number of nitrogens with zero attached hydrogens (tertiary/aromatic N) is 3. The van der Waals surface area contributed by atoms with Gasteiger partial charge in [0.05, 0.1) is 0 Å². The Balaban J connectivity index is 0.00000182. The number of anilines is 1. The molecular weight excluding hydrogens is 385 g/mol. The van der Waals surface area contributed by atoms with Crippen LogP contribution in [0.15, 0.2) is 42.6 Å². The van der Waals surface area contributed by atoms with Gasteiger partial charge < -0.3 is 14.7 Å². The summed E-state index contributed by atoms with van der Waals surface area (Å²) in [6.45, 7) is 8.75. The lowest BCUT2D eigenvalue weighted by molar-refractivity contribution is 0.0660. The maximum absolute atomic E-state index is 10.3. The third-order valence-electron chi connectivity index (χ3n) is 4.59. The highest BCUT2D eigenvalue weighted by molar-refractivity contribution is 5.85. The second-order valence-corrected chi connectivity index (χ2v) is 6.71. The fourth-order valence-electron chi connectivity index (χ4n) is 3.10. The van der Waals surface area contributed by atoms with Crippen molar-refractivity contribution < 1.29 is 9.84 Å². The van der Waals surface area contributed by atoms with Crippen LogP contribution in [0.2, 0.25) is 0 Å². The minimum Gasteiger partial charge on any atom is -0.491 e. The Kier molecular flexibility index (Phi) is 9.88. The summed E-state index contributed by atoms with van der Waals surface area (Å²) in [6, 6.07) is 12.1. The number of piperazine rings is 1. The molecule has 0 aliphatic carbocycles. The lowest BCUT2D eigenvalue weighted by atomic mass is 10.1. The first kappa shape index (κ1) is 23.5. The Morgan fingerprint density at radius 2 is 1.81 bits per heavy atom. The van der Waals surface area contributed by atoms with Gasteiger partial charge in [-0.15, -0.1) is 24.8 Å². The van der Waals surface area contributed by atoms with Crippen molar-refractivity contribution >= 4 is 30.6 Å². The quantitative estimate of drug-likeness (QED) is 0.787. The largest absolute Gasteiger partial charge is 0.491 e. The Morgan fingerprint density at radius 1 is 1.07 bits per heavy atom. The molecule has 1 atom stereocenters. The molecule has 1 saturated heterocycles. The summed E-state index contributed by atoms with van der Waals surface area (Å²) >= 11 is 0. The van der Waals surface area contributed by atoms with Crippen molar-refractivity contribution in [3.63, 3.8) is 0 Å². The number of benzene rings is 1. The zero-order chi connectivity index (χ0) is 17.6. The van der Waals surface area contributed by atoms with Crippen LogP contribution in [-0.4, -0.2) is 60.4 Å². The van der Waals surface area contributed by atoms with Crippen LogP contribution in [0.3, 0.4) is 0 Å². The molecule has 1 fully saturated rings. The number of aromatic nitrogens is 1. The molecule has 0 saturated carbocycles. The summed E-state index contributed by atoms with van der Waals surface area (Å²) in [5.41, 5.74) is 2.27. The predicted molar refractivity (Wildman–Crippen MR) is 115 cm³/mol. The number of β-amino-alcohol motifs (C(OH)–C–C–N with tert-alkyl or cyclic N) is 1. The zero-order valence-electron chi connectivity index (χ0n) is 15.9.